The van der Waals surface area contributed by atoms with E-state index in [0.717, 1.165) is 12.8 Å². The molecule has 1 heterocycles. The fraction of sp³-hybridized carbons (Fsp3) is 0.500. The SMILES string of the molecule is COc1cc(C(=O)NC2CCOC(C)C2)ccc1N. The highest BCUT2D eigenvalue weighted by Crippen LogP contribution is 2.22. The summed E-state index contributed by atoms with van der Waals surface area (Å²) in [6.07, 6.45) is 1.89. The van der Waals surface area contributed by atoms with Gasteiger partial charge in [-0.1, -0.05) is 0 Å². The van der Waals surface area contributed by atoms with E-state index in [1.807, 2.05) is 6.92 Å². The summed E-state index contributed by atoms with van der Waals surface area (Å²) in [5, 5.41) is 3.02. The van der Waals surface area contributed by atoms with Crippen LogP contribution >= 0.6 is 0 Å². The van der Waals surface area contributed by atoms with E-state index in [9.17, 15) is 4.79 Å². The highest BCUT2D eigenvalue weighted by Gasteiger charge is 2.21. The Morgan fingerprint density at radius 3 is 3.00 bits per heavy atom. The molecule has 1 fully saturated rings. The molecule has 19 heavy (non-hydrogen) atoms. The van der Waals surface area contributed by atoms with Crippen LogP contribution in [0.3, 0.4) is 0 Å². The average molecular weight is 264 g/mol. The number of hydrogen-bond acceptors (Lipinski definition) is 4. The Morgan fingerprint density at radius 1 is 1.53 bits per heavy atom. The van der Waals surface area contributed by atoms with Gasteiger partial charge in [0.1, 0.15) is 5.75 Å². The fourth-order valence-corrected chi connectivity index (χ4v) is 2.25. The van der Waals surface area contributed by atoms with Crippen LogP contribution in [0.2, 0.25) is 0 Å². The molecule has 1 aliphatic rings. The van der Waals surface area contributed by atoms with Crippen molar-refractivity contribution < 1.29 is 14.3 Å². The first-order valence-electron chi connectivity index (χ1n) is 6.46. The molecule has 2 atom stereocenters. The second kappa shape index (κ2) is 5.93. The number of nitrogens with one attached hydrogen (secondary N) is 1. The lowest BCUT2D eigenvalue weighted by Gasteiger charge is -2.28. The van der Waals surface area contributed by atoms with Gasteiger partial charge in [0, 0.05) is 18.2 Å². The van der Waals surface area contributed by atoms with Crippen molar-refractivity contribution in [3.8, 4) is 5.75 Å². The van der Waals surface area contributed by atoms with Crippen LogP contribution < -0.4 is 15.8 Å². The molecule has 1 aliphatic heterocycles. The second-order valence-electron chi connectivity index (χ2n) is 4.83. The number of rotatable bonds is 3. The third-order valence-corrected chi connectivity index (χ3v) is 3.32. The van der Waals surface area contributed by atoms with Gasteiger partial charge in [-0.15, -0.1) is 0 Å². The van der Waals surface area contributed by atoms with Crippen molar-refractivity contribution in [2.75, 3.05) is 19.5 Å². The van der Waals surface area contributed by atoms with Gasteiger partial charge in [0.15, 0.2) is 0 Å². The molecule has 2 unspecified atom stereocenters. The predicted molar refractivity (Wildman–Crippen MR) is 73.3 cm³/mol. The van der Waals surface area contributed by atoms with Crippen molar-refractivity contribution in [3.05, 3.63) is 23.8 Å². The summed E-state index contributed by atoms with van der Waals surface area (Å²) in [6.45, 7) is 2.71. The molecule has 1 amide bonds. The molecule has 2 rings (SSSR count). The molecule has 1 aromatic rings. The minimum atomic E-state index is -0.0996. The third kappa shape index (κ3) is 3.38. The number of benzene rings is 1. The molecule has 0 bridgehead atoms. The molecule has 0 radical (unpaired) electrons. The monoisotopic (exact) mass is 264 g/mol. The number of methoxy groups -OCH3 is 1. The van der Waals surface area contributed by atoms with Gasteiger partial charge in [-0.2, -0.15) is 0 Å². The van der Waals surface area contributed by atoms with Crippen molar-refractivity contribution in [1.29, 1.82) is 0 Å². The van der Waals surface area contributed by atoms with Crippen LogP contribution in [0.15, 0.2) is 18.2 Å². The quantitative estimate of drug-likeness (QED) is 0.813. The van der Waals surface area contributed by atoms with Crippen molar-refractivity contribution >= 4 is 11.6 Å². The van der Waals surface area contributed by atoms with Crippen LogP contribution in [-0.2, 0) is 4.74 Å². The lowest BCUT2D eigenvalue weighted by atomic mass is 10.0. The van der Waals surface area contributed by atoms with E-state index >= 15 is 0 Å². The van der Waals surface area contributed by atoms with Gasteiger partial charge < -0.3 is 20.5 Å². The molecule has 3 N–H and O–H groups in total. The summed E-state index contributed by atoms with van der Waals surface area (Å²) in [6, 6.07) is 5.21. The van der Waals surface area contributed by atoms with E-state index in [1.165, 1.54) is 7.11 Å². The molecule has 104 valence electrons. The van der Waals surface area contributed by atoms with E-state index in [4.69, 9.17) is 15.2 Å². The first kappa shape index (κ1) is 13.7. The average Bonchev–Trinajstić information content (AvgIpc) is 2.39. The smallest absolute Gasteiger partial charge is 0.251 e. The fourth-order valence-electron chi connectivity index (χ4n) is 2.25. The standard InChI is InChI=1S/C14H20N2O3/c1-9-7-11(5-6-19-9)16-14(17)10-3-4-12(15)13(8-10)18-2/h3-4,8-9,11H,5-7,15H2,1-2H3,(H,16,17). The van der Waals surface area contributed by atoms with Crippen molar-refractivity contribution in [2.24, 2.45) is 0 Å². The molecule has 5 nitrogen and oxygen atoms in total. The van der Waals surface area contributed by atoms with E-state index in [1.54, 1.807) is 18.2 Å². The molecule has 0 spiro atoms. The summed E-state index contributed by atoms with van der Waals surface area (Å²) in [5.41, 5.74) is 6.82. The molecule has 5 heteroatoms. The summed E-state index contributed by atoms with van der Waals surface area (Å²) >= 11 is 0. The van der Waals surface area contributed by atoms with Gasteiger partial charge in [-0.3, -0.25) is 4.79 Å². The molecule has 0 saturated carbocycles. The van der Waals surface area contributed by atoms with Crippen LogP contribution in [0.5, 0.6) is 5.75 Å². The number of carbonyl (C=O) groups excluding carboxylic acids is 1. The van der Waals surface area contributed by atoms with Crippen LogP contribution in [0.1, 0.15) is 30.1 Å². The van der Waals surface area contributed by atoms with Crippen molar-refractivity contribution in [2.45, 2.75) is 31.9 Å². The minimum Gasteiger partial charge on any atom is -0.495 e. The number of nitrogen functional groups attached to an aromatic ring is 1. The maximum Gasteiger partial charge on any atom is 0.251 e. The van der Waals surface area contributed by atoms with Gasteiger partial charge in [-0.05, 0) is 38.0 Å². The van der Waals surface area contributed by atoms with Crippen molar-refractivity contribution in [3.63, 3.8) is 0 Å². The van der Waals surface area contributed by atoms with Gasteiger partial charge in [0.2, 0.25) is 0 Å². The molecule has 0 aliphatic carbocycles. The second-order valence-corrected chi connectivity index (χ2v) is 4.83. The van der Waals surface area contributed by atoms with Crippen LogP contribution in [0, 0.1) is 0 Å². The first-order chi connectivity index (χ1) is 9.10. The van der Waals surface area contributed by atoms with E-state index in [-0.39, 0.29) is 18.1 Å². The molecular formula is C14H20N2O3. The van der Waals surface area contributed by atoms with Crippen molar-refractivity contribution in [1.82, 2.24) is 5.32 Å². The van der Waals surface area contributed by atoms with Gasteiger partial charge in [-0.25, -0.2) is 0 Å². The highest BCUT2D eigenvalue weighted by molar-refractivity contribution is 5.95. The zero-order chi connectivity index (χ0) is 13.8. The lowest BCUT2D eigenvalue weighted by molar-refractivity contribution is 0.0136. The number of hydrogen-bond donors (Lipinski definition) is 2. The number of amides is 1. The summed E-state index contributed by atoms with van der Waals surface area (Å²) in [7, 11) is 1.54. The summed E-state index contributed by atoms with van der Waals surface area (Å²) in [5.74, 6) is 0.422. The molecule has 0 aromatic heterocycles. The first-order valence-corrected chi connectivity index (χ1v) is 6.46. The Hall–Kier alpha value is -1.75. The Kier molecular flexibility index (Phi) is 4.27. The maximum absolute atomic E-state index is 12.2. The predicted octanol–water partition coefficient (Wildman–Crippen LogP) is 1.57. The molecular weight excluding hydrogens is 244 g/mol. The normalized spacial score (nSPS) is 22.8. The Bertz CT molecular complexity index is 462. The number of nitrogens with two attached hydrogens (primary N) is 1. The molecule has 1 aromatic carbocycles. The maximum atomic E-state index is 12.2. The van der Waals surface area contributed by atoms with Crippen LogP contribution in [0.25, 0.3) is 0 Å². The van der Waals surface area contributed by atoms with Gasteiger partial charge >= 0.3 is 0 Å². The van der Waals surface area contributed by atoms with Gasteiger partial charge in [0.25, 0.3) is 5.91 Å². The largest absolute Gasteiger partial charge is 0.495 e. The zero-order valence-electron chi connectivity index (χ0n) is 11.3. The number of carbonyl (C=O) groups is 1. The zero-order valence-corrected chi connectivity index (χ0v) is 11.3. The minimum absolute atomic E-state index is 0.0996. The Balaban J connectivity index is 2.03. The highest BCUT2D eigenvalue weighted by atomic mass is 16.5. The Morgan fingerprint density at radius 2 is 2.32 bits per heavy atom. The lowest BCUT2D eigenvalue weighted by Crippen LogP contribution is -2.41. The topological polar surface area (TPSA) is 73.6 Å². The van der Waals surface area contributed by atoms with Crippen LogP contribution in [-0.4, -0.2) is 31.8 Å². The van der Waals surface area contributed by atoms with Gasteiger partial charge in [0.05, 0.1) is 18.9 Å². The number of ether oxygens (including phenoxy) is 2. The third-order valence-electron chi connectivity index (χ3n) is 3.32. The number of anilines is 1. The summed E-state index contributed by atoms with van der Waals surface area (Å²) < 4.78 is 10.6. The summed E-state index contributed by atoms with van der Waals surface area (Å²) in [4.78, 5) is 12.2. The molecule has 1 saturated heterocycles. The van der Waals surface area contributed by atoms with E-state index in [0.29, 0.717) is 23.6 Å². The Labute approximate surface area is 113 Å². The van der Waals surface area contributed by atoms with Crippen LogP contribution in [0.4, 0.5) is 5.69 Å². The van der Waals surface area contributed by atoms with E-state index in [2.05, 4.69) is 5.32 Å². The van der Waals surface area contributed by atoms with E-state index < -0.39 is 0 Å².